The predicted molar refractivity (Wildman–Crippen MR) is 93.5 cm³/mol. The Morgan fingerprint density at radius 3 is 2.91 bits per heavy atom. The van der Waals surface area contributed by atoms with Crippen LogP contribution in [-0.4, -0.2) is 37.1 Å². The lowest BCUT2D eigenvalue weighted by molar-refractivity contribution is 0.405. The fourth-order valence-corrected chi connectivity index (χ4v) is 3.44. The quantitative estimate of drug-likeness (QED) is 0.730. The lowest BCUT2D eigenvalue weighted by atomic mass is 10.1. The minimum Gasteiger partial charge on any atom is -0.369 e. The third-order valence-corrected chi connectivity index (χ3v) is 4.55. The molecule has 0 aliphatic rings. The van der Waals surface area contributed by atoms with E-state index >= 15 is 0 Å². The van der Waals surface area contributed by atoms with Gasteiger partial charge >= 0.3 is 0 Å². The molecule has 0 aliphatic heterocycles. The standard InChI is InChI=1S/C17H18N4S/c1-21(2)8-3-7-19-17-14-6-9-22-16(14)13-5-4-12(11-18)10-15(13)20-17/h4-6,9-10H,3,7-8H2,1-2H3,(H,19,20). The largest absolute Gasteiger partial charge is 0.369 e. The highest BCUT2D eigenvalue weighted by molar-refractivity contribution is 7.18. The number of nitrogens with one attached hydrogen (secondary N) is 1. The molecule has 0 unspecified atom stereocenters. The minimum atomic E-state index is 0.648. The summed E-state index contributed by atoms with van der Waals surface area (Å²) in [6, 6.07) is 10.0. The Labute approximate surface area is 134 Å². The van der Waals surface area contributed by atoms with E-state index in [0.29, 0.717) is 5.56 Å². The Balaban J connectivity index is 1.97. The van der Waals surface area contributed by atoms with Gasteiger partial charge in [-0.25, -0.2) is 4.98 Å². The monoisotopic (exact) mass is 310 g/mol. The van der Waals surface area contributed by atoms with E-state index < -0.39 is 0 Å². The maximum atomic E-state index is 9.07. The summed E-state index contributed by atoms with van der Waals surface area (Å²) in [6.45, 7) is 1.94. The summed E-state index contributed by atoms with van der Waals surface area (Å²) in [5.41, 5.74) is 1.53. The summed E-state index contributed by atoms with van der Waals surface area (Å²) in [7, 11) is 4.16. The highest BCUT2D eigenvalue weighted by atomic mass is 32.1. The molecule has 22 heavy (non-hydrogen) atoms. The number of benzene rings is 1. The van der Waals surface area contributed by atoms with E-state index in [1.54, 1.807) is 11.3 Å². The highest BCUT2D eigenvalue weighted by Gasteiger charge is 2.10. The van der Waals surface area contributed by atoms with Crippen LogP contribution < -0.4 is 5.32 Å². The van der Waals surface area contributed by atoms with E-state index in [1.165, 1.54) is 4.70 Å². The zero-order valence-electron chi connectivity index (χ0n) is 12.8. The number of nitrogens with zero attached hydrogens (tertiary/aromatic N) is 3. The number of fused-ring (bicyclic) bond motifs is 3. The number of hydrogen-bond donors (Lipinski definition) is 1. The molecule has 2 aromatic heterocycles. The van der Waals surface area contributed by atoms with E-state index in [4.69, 9.17) is 10.2 Å². The van der Waals surface area contributed by atoms with Gasteiger partial charge in [-0.3, -0.25) is 0 Å². The Hall–Kier alpha value is -2.16. The van der Waals surface area contributed by atoms with E-state index in [1.807, 2.05) is 18.2 Å². The second kappa shape index (κ2) is 6.30. The van der Waals surface area contributed by atoms with Crippen LogP contribution in [-0.2, 0) is 0 Å². The number of nitriles is 1. The molecule has 0 fully saturated rings. The molecule has 0 bridgehead atoms. The first-order chi connectivity index (χ1) is 10.7. The van der Waals surface area contributed by atoms with Gasteiger partial charge in [0.15, 0.2) is 0 Å². The molecule has 3 rings (SSSR count). The summed E-state index contributed by atoms with van der Waals surface area (Å²) in [6.07, 6.45) is 1.07. The fourth-order valence-electron chi connectivity index (χ4n) is 2.51. The number of hydrogen-bond acceptors (Lipinski definition) is 5. The molecule has 0 amide bonds. The van der Waals surface area contributed by atoms with Crippen molar-refractivity contribution in [3.8, 4) is 6.07 Å². The number of thiophene rings is 1. The van der Waals surface area contributed by atoms with Crippen molar-refractivity contribution in [2.24, 2.45) is 0 Å². The van der Waals surface area contributed by atoms with Crippen molar-refractivity contribution in [3.05, 3.63) is 35.2 Å². The smallest absolute Gasteiger partial charge is 0.135 e. The molecule has 112 valence electrons. The van der Waals surface area contributed by atoms with Gasteiger partial charge in [-0.15, -0.1) is 11.3 Å². The zero-order valence-corrected chi connectivity index (χ0v) is 13.6. The predicted octanol–water partition coefficient (Wildman–Crippen LogP) is 3.68. The molecule has 0 saturated heterocycles. The maximum absolute atomic E-state index is 9.07. The van der Waals surface area contributed by atoms with Crippen LogP contribution in [0.25, 0.3) is 21.0 Å². The average molecular weight is 310 g/mol. The molecule has 0 radical (unpaired) electrons. The second-order valence-electron chi connectivity index (χ2n) is 5.55. The Kier molecular flexibility index (Phi) is 4.23. The van der Waals surface area contributed by atoms with Crippen molar-refractivity contribution in [1.82, 2.24) is 9.88 Å². The Morgan fingerprint density at radius 1 is 1.27 bits per heavy atom. The molecule has 2 heterocycles. The van der Waals surface area contributed by atoms with Gasteiger partial charge in [0.05, 0.1) is 17.1 Å². The van der Waals surface area contributed by atoms with E-state index in [0.717, 1.165) is 41.6 Å². The molecular weight excluding hydrogens is 292 g/mol. The second-order valence-corrected chi connectivity index (χ2v) is 6.47. The van der Waals surface area contributed by atoms with Crippen LogP contribution in [0.2, 0.25) is 0 Å². The van der Waals surface area contributed by atoms with Crippen molar-refractivity contribution in [1.29, 1.82) is 5.26 Å². The van der Waals surface area contributed by atoms with Crippen molar-refractivity contribution < 1.29 is 0 Å². The molecule has 0 saturated carbocycles. The molecule has 0 spiro atoms. The van der Waals surface area contributed by atoms with Gasteiger partial charge in [0.1, 0.15) is 5.82 Å². The summed E-state index contributed by atoms with van der Waals surface area (Å²) in [5.74, 6) is 0.914. The van der Waals surface area contributed by atoms with E-state index in [-0.39, 0.29) is 0 Å². The van der Waals surface area contributed by atoms with Gasteiger partial charge in [-0.05, 0) is 50.6 Å². The van der Waals surface area contributed by atoms with Gasteiger partial charge < -0.3 is 10.2 Å². The molecular formula is C17H18N4S. The normalized spacial score (nSPS) is 11.2. The number of aromatic nitrogens is 1. The number of rotatable bonds is 5. The highest BCUT2D eigenvalue weighted by Crippen LogP contribution is 2.33. The van der Waals surface area contributed by atoms with Crippen LogP contribution >= 0.6 is 11.3 Å². The van der Waals surface area contributed by atoms with Crippen molar-refractivity contribution in [3.63, 3.8) is 0 Å². The van der Waals surface area contributed by atoms with E-state index in [2.05, 4.69) is 41.8 Å². The molecule has 0 atom stereocenters. The van der Waals surface area contributed by atoms with Gasteiger partial charge in [-0.1, -0.05) is 6.07 Å². The van der Waals surface area contributed by atoms with Gasteiger partial charge in [0.25, 0.3) is 0 Å². The molecule has 1 aromatic carbocycles. The first-order valence-corrected chi connectivity index (χ1v) is 8.16. The van der Waals surface area contributed by atoms with Crippen molar-refractivity contribution >= 4 is 38.1 Å². The minimum absolute atomic E-state index is 0.648. The molecule has 1 N–H and O–H groups in total. The average Bonchev–Trinajstić information content (AvgIpc) is 3.00. The Morgan fingerprint density at radius 2 is 2.14 bits per heavy atom. The SMILES string of the molecule is CN(C)CCCNc1nc2cc(C#N)ccc2c2sccc12. The molecule has 4 nitrogen and oxygen atoms in total. The van der Waals surface area contributed by atoms with Crippen LogP contribution in [0.4, 0.5) is 5.82 Å². The van der Waals surface area contributed by atoms with Crippen LogP contribution in [0.15, 0.2) is 29.6 Å². The first kappa shape index (κ1) is 14.8. The number of anilines is 1. The number of pyridine rings is 1. The zero-order chi connectivity index (χ0) is 15.5. The van der Waals surface area contributed by atoms with Gasteiger partial charge in [-0.2, -0.15) is 5.26 Å². The van der Waals surface area contributed by atoms with Crippen molar-refractivity contribution in [2.75, 3.05) is 32.5 Å². The van der Waals surface area contributed by atoms with Gasteiger partial charge in [0, 0.05) is 22.0 Å². The lowest BCUT2D eigenvalue weighted by Crippen LogP contribution is -2.16. The van der Waals surface area contributed by atoms with Crippen LogP contribution in [0.3, 0.4) is 0 Å². The third-order valence-electron chi connectivity index (χ3n) is 3.60. The summed E-state index contributed by atoms with van der Waals surface area (Å²) in [4.78, 5) is 6.91. The topological polar surface area (TPSA) is 52.0 Å². The summed E-state index contributed by atoms with van der Waals surface area (Å²) in [5, 5.41) is 16.9. The van der Waals surface area contributed by atoms with Crippen molar-refractivity contribution in [2.45, 2.75) is 6.42 Å². The molecule has 5 heteroatoms. The van der Waals surface area contributed by atoms with Crippen LogP contribution in [0.5, 0.6) is 0 Å². The lowest BCUT2D eigenvalue weighted by Gasteiger charge is -2.12. The van der Waals surface area contributed by atoms with Gasteiger partial charge in [0.2, 0.25) is 0 Å². The first-order valence-electron chi connectivity index (χ1n) is 7.28. The fraction of sp³-hybridized carbons (Fsp3) is 0.294. The molecule has 0 aliphatic carbocycles. The summed E-state index contributed by atoms with van der Waals surface area (Å²) >= 11 is 1.72. The summed E-state index contributed by atoms with van der Waals surface area (Å²) < 4.78 is 1.23. The molecule has 3 aromatic rings. The third kappa shape index (κ3) is 2.89. The maximum Gasteiger partial charge on any atom is 0.135 e. The van der Waals surface area contributed by atoms with Crippen LogP contribution in [0, 0.1) is 11.3 Å². The van der Waals surface area contributed by atoms with Crippen LogP contribution in [0.1, 0.15) is 12.0 Å². The van der Waals surface area contributed by atoms with E-state index in [9.17, 15) is 0 Å². The Bertz CT molecular complexity index is 845.